The van der Waals surface area contributed by atoms with Gasteiger partial charge in [0.1, 0.15) is 5.75 Å². The number of methoxy groups -OCH3 is 1. The predicted molar refractivity (Wildman–Crippen MR) is 133 cm³/mol. The molecule has 0 saturated heterocycles. The lowest BCUT2D eigenvalue weighted by atomic mass is 10.0. The molecule has 0 radical (unpaired) electrons. The first kappa shape index (κ1) is 20.7. The Morgan fingerprint density at radius 1 is 1.00 bits per heavy atom. The third kappa shape index (κ3) is 3.99. The van der Waals surface area contributed by atoms with Gasteiger partial charge >= 0.3 is 0 Å². The summed E-state index contributed by atoms with van der Waals surface area (Å²) in [7, 11) is 1.64. The average molecular weight is 503 g/mol. The van der Waals surface area contributed by atoms with Crippen molar-refractivity contribution in [2.45, 2.75) is 6.04 Å². The number of rotatable bonds is 4. The van der Waals surface area contributed by atoms with Crippen LogP contribution in [0.3, 0.4) is 0 Å². The number of halogens is 1. The molecule has 1 aromatic heterocycles. The van der Waals surface area contributed by atoms with Gasteiger partial charge < -0.3 is 4.74 Å². The molecule has 5 rings (SSSR count). The van der Waals surface area contributed by atoms with E-state index in [4.69, 9.17) is 9.73 Å². The van der Waals surface area contributed by atoms with Crippen LogP contribution in [0.5, 0.6) is 5.75 Å². The largest absolute Gasteiger partial charge is 0.497 e. The summed E-state index contributed by atoms with van der Waals surface area (Å²) in [6.07, 6.45) is 3.98. The van der Waals surface area contributed by atoms with E-state index in [1.54, 1.807) is 11.7 Å². The van der Waals surface area contributed by atoms with Crippen molar-refractivity contribution in [2.75, 3.05) is 7.11 Å². The fourth-order valence-electron chi connectivity index (χ4n) is 3.70. The number of hydrogen-bond acceptors (Lipinski definition) is 4. The van der Waals surface area contributed by atoms with E-state index < -0.39 is 0 Å². The van der Waals surface area contributed by atoms with Gasteiger partial charge in [0.05, 0.1) is 23.4 Å². The molecule has 1 atom stereocenters. The normalized spacial score (nSPS) is 15.6. The molecule has 0 N–H and O–H groups in total. The van der Waals surface area contributed by atoms with Crippen LogP contribution in [0.1, 0.15) is 22.7 Å². The van der Waals surface area contributed by atoms with E-state index in [9.17, 15) is 4.79 Å². The predicted octanol–water partition coefficient (Wildman–Crippen LogP) is 4.77. The molecule has 6 heteroatoms. The molecular formula is C26H19BrN2O2S. The Morgan fingerprint density at radius 2 is 1.72 bits per heavy atom. The summed E-state index contributed by atoms with van der Waals surface area (Å²) in [6, 6.07) is 25.6. The van der Waals surface area contributed by atoms with Gasteiger partial charge in [0, 0.05) is 4.47 Å². The Bertz CT molecular complexity index is 1470. The zero-order valence-electron chi connectivity index (χ0n) is 17.2. The average Bonchev–Trinajstić information content (AvgIpc) is 3.15. The number of hydrogen-bond donors (Lipinski definition) is 0. The van der Waals surface area contributed by atoms with Crippen LogP contribution >= 0.6 is 27.3 Å². The summed E-state index contributed by atoms with van der Waals surface area (Å²) in [6.45, 7) is 0. The molecule has 2 heterocycles. The van der Waals surface area contributed by atoms with Crippen LogP contribution in [0.25, 0.3) is 11.8 Å². The smallest absolute Gasteiger partial charge is 0.271 e. The number of aromatic nitrogens is 1. The molecule has 1 aliphatic heterocycles. The lowest BCUT2D eigenvalue weighted by molar-refractivity contribution is 0.415. The van der Waals surface area contributed by atoms with Gasteiger partial charge in [0.2, 0.25) is 0 Å². The Kier molecular flexibility index (Phi) is 5.64. The molecule has 158 valence electrons. The number of ether oxygens (including phenoxy) is 1. The molecular weight excluding hydrogens is 484 g/mol. The second-order valence-corrected chi connectivity index (χ2v) is 9.29. The van der Waals surface area contributed by atoms with Crippen molar-refractivity contribution in [3.05, 3.63) is 126 Å². The van der Waals surface area contributed by atoms with E-state index in [1.165, 1.54) is 11.3 Å². The Hall–Kier alpha value is -3.22. The summed E-state index contributed by atoms with van der Waals surface area (Å²) >= 11 is 4.91. The third-order valence-electron chi connectivity index (χ3n) is 5.34. The molecule has 0 aliphatic carbocycles. The summed E-state index contributed by atoms with van der Waals surface area (Å²) in [5.41, 5.74) is 3.84. The molecule has 1 unspecified atom stereocenters. The number of thiazole rings is 1. The van der Waals surface area contributed by atoms with Gasteiger partial charge in [-0.1, -0.05) is 81.9 Å². The minimum Gasteiger partial charge on any atom is -0.497 e. The number of fused-ring (bicyclic) bond motifs is 1. The summed E-state index contributed by atoms with van der Waals surface area (Å²) in [4.78, 5) is 19.0. The van der Waals surface area contributed by atoms with Crippen LogP contribution in [0.15, 0.2) is 99.2 Å². The van der Waals surface area contributed by atoms with Gasteiger partial charge in [-0.25, -0.2) is 4.99 Å². The lowest BCUT2D eigenvalue weighted by Crippen LogP contribution is -2.36. The number of benzene rings is 3. The van der Waals surface area contributed by atoms with E-state index in [2.05, 4.69) is 22.0 Å². The molecule has 3 aromatic carbocycles. The van der Waals surface area contributed by atoms with Crippen molar-refractivity contribution in [1.29, 1.82) is 0 Å². The van der Waals surface area contributed by atoms with Crippen molar-refractivity contribution in [2.24, 2.45) is 4.99 Å². The van der Waals surface area contributed by atoms with Crippen molar-refractivity contribution in [1.82, 2.24) is 4.57 Å². The molecule has 4 aromatic rings. The first-order valence-electron chi connectivity index (χ1n) is 10.1. The van der Waals surface area contributed by atoms with E-state index in [1.807, 2.05) is 84.9 Å². The highest BCUT2D eigenvalue weighted by Gasteiger charge is 2.22. The monoisotopic (exact) mass is 502 g/mol. The molecule has 1 aliphatic rings. The Morgan fingerprint density at radius 3 is 2.41 bits per heavy atom. The molecule has 0 saturated carbocycles. The van der Waals surface area contributed by atoms with Gasteiger partial charge in [-0.15, -0.1) is 0 Å². The number of nitrogens with zero attached hydrogens (tertiary/aromatic N) is 2. The molecule has 0 bridgehead atoms. The van der Waals surface area contributed by atoms with E-state index in [0.29, 0.717) is 9.33 Å². The standard InChI is InChI=1S/C26H19BrN2O2S/c1-31-21-13-7-17(8-14-21)15-24-25(30)29-23(19-9-11-20(27)12-10-19)16-22(28-26(29)32-24)18-5-3-2-4-6-18/h2-16,23H,1H3. The summed E-state index contributed by atoms with van der Waals surface area (Å²) in [5, 5.41) is 0. The number of allylic oxidation sites excluding steroid dienone is 1. The van der Waals surface area contributed by atoms with Crippen molar-refractivity contribution >= 4 is 39.0 Å². The fraction of sp³-hybridized carbons (Fsp3) is 0.0769. The van der Waals surface area contributed by atoms with Crippen molar-refractivity contribution in [3.8, 4) is 5.75 Å². The minimum absolute atomic E-state index is 0.0409. The molecule has 0 spiro atoms. The first-order chi connectivity index (χ1) is 15.6. The Balaban J connectivity index is 1.69. The van der Waals surface area contributed by atoms with Gasteiger partial charge in [-0.05, 0) is 53.1 Å². The summed E-state index contributed by atoms with van der Waals surface area (Å²) in [5.74, 6) is 0.784. The second kappa shape index (κ2) is 8.73. The molecule has 0 amide bonds. The zero-order valence-corrected chi connectivity index (χ0v) is 19.6. The van der Waals surface area contributed by atoms with Crippen LogP contribution < -0.4 is 19.6 Å². The van der Waals surface area contributed by atoms with Crippen molar-refractivity contribution in [3.63, 3.8) is 0 Å². The first-order valence-corrected chi connectivity index (χ1v) is 11.7. The van der Waals surface area contributed by atoms with Crippen LogP contribution in [-0.4, -0.2) is 11.7 Å². The fourth-order valence-corrected chi connectivity index (χ4v) is 4.98. The zero-order chi connectivity index (χ0) is 22.1. The lowest BCUT2D eigenvalue weighted by Gasteiger charge is -2.19. The quantitative estimate of drug-likeness (QED) is 0.403. The van der Waals surface area contributed by atoms with Crippen LogP contribution in [0.4, 0.5) is 0 Å². The third-order valence-corrected chi connectivity index (χ3v) is 6.85. The highest BCUT2D eigenvalue weighted by atomic mass is 79.9. The summed E-state index contributed by atoms with van der Waals surface area (Å²) < 4.78 is 8.67. The van der Waals surface area contributed by atoms with Gasteiger partial charge in [-0.3, -0.25) is 9.36 Å². The molecule has 0 fully saturated rings. The van der Waals surface area contributed by atoms with Crippen LogP contribution in [0.2, 0.25) is 0 Å². The van der Waals surface area contributed by atoms with Gasteiger partial charge in [-0.2, -0.15) is 0 Å². The topological polar surface area (TPSA) is 43.6 Å². The highest BCUT2D eigenvalue weighted by molar-refractivity contribution is 9.10. The molecule has 32 heavy (non-hydrogen) atoms. The maximum atomic E-state index is 13.5. The van der Waals surface area contributed by atoms with E-state index in [0.717, 1.165) is 32.6 Å². The van der Waals surface area contributed by atoms with Gasteiger partial charge in [0.15, 0.2) is 4.80 Å². The maximum Gasteiger partial charge on any atom is 0.271 e. The van der Waals surface area contributed by atoms with Crippen molar-refractivity contribution < 1.29 is 4.74 Å². The van der Waals surface area contributed by atoms with Crippen LogP contribution in [-0.2, 0) is 0 Å². The molecule has 4 nitrogen and oxygen atoms in total. The maximum absolute atomic E-state index is 13.5. The van der Waals surface area contributed by atoms with Gasteiger partial charge in [0.25, 0.3) is 5.56 Å². The van der Waals surface area contributed by atoms with Crippen LogP contribution in [0, 0.1) is 0 Å². The van der Waals surface area contributed by atoms with E-state index >= 15 is 0 Å². The highest BCUT2D eigenvalue weighted by Crippen LogP contribution is 2.27. The van der Waals surface area contributed by atoms with E-state index in [-0.39, 0.29) is 11.6 Å². The SMILES string of the molecule is COc1ccc(C=c2sc3n(c2=O)C(c2ccc(Br)cc2)C=C(c2ccccc2)N=3)cc1. The Labute approximate surface area is 197 Å². The minimum atomic E-state index is -0.229. The second-order valence-electron chi connectivity index (χ2n) is 7.37.